The first-order valence-corrected chi connectivity index (χ1v) is 10.7. The summed E-state index contributed by atoms with van der Waals surface area (Å²) in [4.78, 5) is 32.8. The molecule has 3 aromatic rings. The van der Waals surface area contributed by atoms with Crippen LogP contribution in [0.4, 0.5) is 30.2 Å². The van der Waals surface area contributed by atoms with E-state index in [-0.39, 0.29) is 23.6 Å². The summed E-state index contributed by atoms with van der Waals surface area (Å²) < 4.78 is 40.4. The third kappa shape index (κ3) is 4.73. The monoisotopic (exact) mass is 468 g/mol. The number of aromatic nitrogens is 1. The average Bonchev–Trinajstić information content (AvgIpc) is 3.22. The molecule has 0 saturated carbocycles. The Morgan fingerprint density at radius 2 is 1.88 bits per heavy atom. The summed E-state index contributed by atoms with van der Waals surface area (Å²) >= 11 is 0. The normalized spacial score (nSPS) is 12.9. The minimum Gasteiger partial charge on any atom is -0.377 e. The topological polar surface area (TPSA) is 65.5 Å². The number of nitrogens with one attached hydrogen (secondary N) is 1. The number of rotatable bonds is 5. The van der Waals surface area contributed by atoms with Gasteiger partial charge in [0.25, 0.3) is 5.91 Å². The molecular formula is C25H23F3N4O2. The van der Waals surface area contributed by atoms with Crippen molar-refractivity contribution >= 4 is 28.9 Å². The van der Waals surface area contributed by atoms with Crippen LogP contribution in [0.15, 0.2) is 60.8 Å². The zero-order valence-corrected chi connectivity index (χ0v) is 18.7. The first kappa shape index (κ1) is 23.3. The number of hydrogen-bond acceptors (Lipinski definition) is 4. The maximum Gasteiger partial charge on any atom is 0.418 e. The van der Waals surface area contributed by atoms with Gasteiger partial charge in [-0.25, -0.2) is 0 Å². The first-order valence-electron chi connectivity index (χ1n) is 10.7. The lowest BCUT2D eigenvalue weighted by Gasteiger charge is -2.22. The van der Waals surface area contributed by atoms with Crippen molar-refractivity contribution in [3.05, 3.63) is 83.2 Å². The van der Waals surface area contributed by atoms with E-state index in [1.807, 2.05) is 6.07 Å². The van der Waals surface area contributed by atoms with Crippen molar-refractivity contribution in [3.8, 4) is 0 Å². The van der Waals surface area contributed by atoms with Gasteiger partial charge in [-0.3, -0.25) is 14.6 Å². The fourth-order valence-corrected chi connectivity index (χ4v) is 4.13. The second kappa shape index (κ2) is 9.17. The Morgan fingerprint density at radius 1 is 1.09 bits per heavy atom. The number of para-hydroxylation sites is 1. The van der Waals surface area contributed by atoms with E-state index in [0.29, 0.717) is 24.3 Å². The molecule has 0 spiro atoms. The Bertz CT molecular complexity index is 1230. The molecule has 6 nitrogen and oxygen atoms in total. The second-order valence-corrected chi connectivity index (χ2v) is 8.18. The van der Waals surface area contributed by atoms with Gasteiger partial charge in [0.05, 0.1) is 23.2 Å². The van der Waals surface area contributed by atoms with Gasteiger partial charge in [-0.15, -0.1) is 0 Å². The van der Waals surface area contributed by atoms with Crippen LogP contribution < -0.4 is 15.1 Å². The van der Waals surface area contributed by atoms with Crippen molar-refractivity contribution in [3.63, 3.8) is 0 Å². The molecule has 2 aromatic carbocycles. The average molecular weight is 468 g/mol. The number of fused-ring (bicyclic) bond motifs is 1. The molecule has 1 aliphatic rings. The molecule has 0 unspecified atom stereocenters. The van der Waals surface area contributed by atoms with Crippen LogP contribution in [0.3, 0.4) is 0 Å². The maximum absolute atomic E-state index is 13.5. The minimum atomic E-state index is -4.59. The number of nitrogens with zero attached hydrogens (tertiary/aromatic N) is 3. The van der Waals surface area contributed by atoms with Crippen molar-refractivity contribution in [1.82, 2.24) is 4.98 Å². The third-order valence-electron chi connectivity index (χ3n) is 5.63. The van der Waals surface area contributed by atoms with Gasteiger partial charge in [0.2, 0.25) is 5.91 Å². The van der Waals surface area contributed by atoms with E-state index >= 15 is 0 Å². The van der Waals surface area contributed by atoms with E-state index in [4.69, 9.17) is 0 Å². The summed E-state index contributed by atoms with van der Waals surface area (Å²) in [6.07, 6.45) is -2.16. The largest absolute Gasteiger partial charge is 0.418 e. The summed E-state index contributed by atoms with van der Waals surface area (Å²) in [6.45, 7) is 0.511. The van der Waals surface area contributed by atoms with Crippen LogP contribution in [-0.4, -0.2) is 37.4 Å². The Kier molecular flexibility index (Phi) is 6.28. The van der Waals surface area contributed by atoms with Gasteiger partial charge < -0.3 is 15.1 Å². The number of carbonyl (C=O) groups excluding carboxylic acids is 2. The van der Waals surface area contributed by atoms with Crippen LogP contribution >= 0.6 is 0 Å². The molecule has 9 heteroatoms. The molecule has 4 rings (SSSR count). The Morgan fingerprint density at radius 3 is 2.56 bits per heavy atom. The molecule has 0 saturated heterocycles. The summed E-state index contributed by atoms with van der Waals surface area (Å²) in [5, 5.41) is 2.70. The lowest BCUT2D eigenvalue weighted by atomic mass is 10.0. The predicted molar refractivity (Wildman–Crippen MR) is 124 cm³/mol. The van der Waals surface area contributed by atoms with E-state index in [1.54, 1.807) is 41.4 Å². The summed E-state index contributed by atoms with van der Waals surface area (Å²) in [5.74, 6) is -0.718. The third-order valence-corrected chi connectivity index (χ3v) is 5.63. The lowest BCUT2D eigenvalue weighted by molar-refractivity contribution is -0.137. The van der Waals surface area contributed by atoms with Crippen molar-refractivity contribution in [2.75, 3.05) is 35.8 Å². The Labute approximate surface area is 195 Å². The predicted octanol–water partition coefficient (Wildman–Crippen LogP) is 4.55. The fraction of sp³-hybridized carbons (Fsp3) is 0.240. The van der Waals surface area contributed by atoms with Gasteiger partial charge in [-0.1, -0.05) is 12.1 Å². The number of alkyl halides is 3. The van der Waals surface area contributed by atoms with E-state index < -0.39 is 17.6 Å². The zero-order valence-electron chi connectivity index (χ0n) is 18.7. The Hall–Kier alpha value is -3.88. The van der Waals surface area contributed by atoms with Gasteiger partial charge in [0.15, 0.2) is 0 Å². The molecule has 176 valence electrons. The number of hydrogen-bond donors (Lipinski definition) is 1. The molecule has 0 fully saturated rings. The SMILES string of the molecule is CN(C)c1c(C(=O)Nc2ccc3c(c2)CCN3C(=O)Cc2ccccn2)cccc1C(F)(F)F. The highest BCUT2D eigenvalue weighted by molar-refractivity contribution is 6.09. The smallest absolute Gasteiger partial charge is 0.377 e. The highest BCUT2D eigenvalue weighted by Gasteiger charge is 2.36. The van der Waals surface area contributed by atoms with Crippen LogP contribution in [0.25, 0.3) is 0 Å². The van der Waals surface area contributed by atoms with E-state index in [2.05, 4.69) is 10.3 Å². The molecule has 0 radical (unpaired) electrons. The summed E-state index contributed by atoms with van der Waals surface area (Å²) in [5.41, 5.74) is 1.62. The van der Waals surface area contributed by atoms with E-state index in [9.17, 15) is 22.8 Å². The van der Waals surface area contributed by atoms with Crippen molar-refractivity contribution < 1.29 is 22.8 Å². The lowest BCUT2D eigenvalue weighted by Crippen LogP contribution is -2.30. The van der Waals surface area contributed by atoms with Crippen molar-refractivity contribution in [2.45, 2.75) is 19.0 Å². The van der Waals surface area contributed by atoms with Crippen LogP contribution in [0.1, 0.15) is 27.2 Å². The van der Waals surface area contributed by atoms with Gasteiger partial charge in [0, 0.05) is 43.9 Å². The van der Waals surface area contributed by atoms with Crippen LogP contribution in [0.2, 0.25) is 0 Å². The van der Waals surface area contributed by atoms with Crippen LogP contribution in [0.5, 0.6) is 0 Å². The minimum absolute atomic E-state index is 0.0752. The molecule has 2 heterocycles. The molecule has 0 bridgehead atoms. The highest BCUT2D eigenvalue weighted by Crippen LogP contribution is 2.38. The van der Waals surface area contributed by atoms with Gasteiger partial charge >= 0.3 is 6.18 Å². The number of halogens is 3. The first-order chi connectivity index (χ1) is 16.1. The Balaban J connectivity index is 1.54. The van der Waals surface area contributed by atoms with Gasteiger partial charge in [0.1, 0.15) is 0 Å². The molecule has 1 N–H and O–H groups in total. The van der Waals surface area contributed by atoms with E-state index in [0.717, 1.165) is 17.3 Å². The fourth-order valence-electron chi connectivity index (χ4n) is 4.13. The molecule has 1 aromatic heterocycles. The van der Waals surface area contributed by atoms with E-state index in [1.165, 1.54) is 31.1 Å². The van der Waals surface area contributed by atoms with Crippen molar-refractivity contribution in [1.29, 1.82) is 0 Å². The highest BCUT2D eigenvalue weighted by atomic mass is 19.4. The molecule has 34 heavy (non-hydrogen) atoms. The quantitative estimate of drug-likeness (QED) is 0.597. The molecular weight excluding hydrogens is 445 g/mol. The number of pyridine rings is 1. The molecule has 1 aliphatic heterocycles. The summed E-state index contributed by atoms with van der Waals surface area (Å²) in [6, 6.07) is 14.1. The van der Waals surface area contributed by atoms with Crippen LogP contribution in [-0.2, 0) is 23.8 Å². The summed E-state index contributed by atoms with van der Waals surface area (Å²) in [7, 11) is 2.93. The van der Waals surface area contributed by atoms with Crippen LogP contribution in [0, 0.1) is 0 Å². The molecule has 0 atom stereocenters. The van der Waals surface area contributed by atoms with Crippen molar-refractivity contribution in [2.24, 2.45) is 0 Å². The maximum atomic E-state index is 13.5. The number of amides is 2. The molecule has 2 amide bonds. The van der Waals surface area contributed by atoms with Gasteiger partial charge in [-0.05, 0) is 54.4 Å². The molecule has 0 aliphatic carbocycles. The standard InChI is InChI=1S/C25H23F3N4O2/c1-31(2)23-19(7-5-8-20(23)25(26,27)28)24(34)30-18-9-10-21-16(14-18)11-13-32(21)22(33)15-17-6-3-4-12-29-17/h3-10,12,14H,11,13,15H2,1-2H3,(H,30,34). The van der Waals surface area contributed by atoms with Gasteiger partial charge in [-0.2, -0.15) is 13.2 Å². The number of benzene rings is 2. The second-order valence-electron chi connectivity index (χ2n) is 8.18. The number of carbonyl (C=O) groups is 2. The zero-order chi connectivity index (χ0) is 24.5. The number of anilines is 3.